The van der Waals surface area contributed by atoms with Gasteiger partial charge in [0.05, 0.1) is 7.11 Å². The van der Waals surface area contributed by atoms with Crippen LogP contribution in [0, 0.1) is 11.3 Å². The zero-order valence-corrected chi connectivity index (χ0v) is 8.47. The number of carbonyl (C=O) groups excluding carboxylic acids is 2. The van der Waals surface area contributed by atoms with Gasteiger partial charge in [0, 0.05) is 7.05 Å². The number of amides is 3. The normalized spacial score (nSPS) is 10.1. The van der Waals surface area contributed by atoms with Gasteiger partial charge in [-0.25, -0.2) is 9.86 Å². The average Bonchev–Trinajstić information content (AvgIpc) is 2.24. The van der Waals surface area contributed by atoms with Gasteiger partial charge in [-0.05, 0) is 0 Å². The third kappa shape index (κ3) is 4.06. The minimum atomic E-state index is -0.965. The molecule has 0 aromatic rings. The molecule has 1 N–H and O–H groups in total. The van der Waals surface area contributed by atoms with Gasteiger partial charge in [0.1, 0.15) is 13.2 Å². The van der Waals surface area contributed by atoms with Crippen molar-refractivity contribution in [2.75, 3.05) is 21.3 Å². The van der Waals surface area contributed by atoms with Gasteiger partial charge < -0.3 is 4.84 Å². The van der Waals surface area contributed by atoms with Gasteiger partial charge in [-0.3, -0.25) is 14.9 Å². The van der Waals surface area contributed by atoms with Crippen molar-refractivity contribution in [1.29, 1.82) is 5.26 Å². The molecule has 0 aromatic carbocycles. The summed E-state index contributed by atoms with van der Waals surface area (Å²) >= 11 is 0. The molecule has 0 aromatic heterocycles. The van der Waals surface area contributed by atoms with Crippen LogP contribution in [0.4, 0.5) is 4.79 Å². The minimum Gasteiger partial charge on any atom is -0.398 e. The SMILES string of the molecule is CO/N=C(/C#N)C(=O)NC(=O)N(C)OC. The lowest BCUT2D eigenvalue weighted by molar-refractivity contribution is -0.115. The summed E-state index contributed by atoms with van der Waals surface area (Å²) in [6, 6.07) is 0.648. The number of oxime groups is 1. The van der Waals surface area contributed by atoms with E-state index in [0.29, 0.717) is 0 Å². The quantitative estimate of drug-likeness (QED) is 0.491. The number of nitrogens with zero attached hydrogens (tertiary/aromatic N) is 3. The van der Waals surface area contributed by atoms with Gasteiger partial charge >= 0.3 is 6.03 Å². The molecule has 0 aliphatic rings. The Morgan fingerprint density at radius 2 is 2.07 bits per heavy atom. The largest absolute Gasteiger partial charge is 0.398 e. The van der Waals surface area contributed by atoms with E-state index >= 15 is 0 Å². The highest BCUT2D eigenvalue weighted by atomic mass is 16.7. The zero-order valence-electron chi connectivity index (χ0n) is 8.47. The monoisotopic (exact) mass is 214 g/mol. The molecular formula is C7H10N4O4. The molecule has 0 aliphatic heterocycles. The fraction of sp³-hybridized carbons (Fsp3) is 0.429. The number of nitriles is 1. The molecule has 0 radical (unpaired) electrons. The van der Waals surface area contributed by atoms with E-state index in [4.69, 9.17) is 5.26 Å². The number of urea groups is 1. The van der Waals surface area contributed by atoms with E-state index < -0.39 is 17.6 Å². The molecule has 15 heavy (non-hydrogen) atoms. The number of hydroxylamine groups is 2. The van der Waals surface area contributed by atoms with E-state index in [-0.39, 0.29) is 0 Å². The molecule has 0 atom stereocenters. The molecule has 0 fully saturated rings. The maximum Gasteiger partial charge on any atom is 0.348 e. The first-order chi connectivity index (χ1) is 7.06. The fourth-order valence-corrected chi connectivity index (χ4v) is 0.522. The topological polar surface area (TPSA) is 104 Å². The highest BCUT2D eigenvalue weighted by Crippen LogP contribution is 1.85. The lowest BCUT2D eigenvalue weighted by Gasteiger charge is -2.12. The lowest BCUT2D eigenvalue weighted by atomic mass is 10.4. The molecule has 3 amide bonds. The Hall–Kier alpha value is -2.14. The summed E-state index contributed by atoms with van der Waals surface area (Å²) in [6.45, 7) is 0. The molecule has 0 rings (SSSR count). The van der Waals surface area contributed by atoms with E-state index in [1.54, 1.807) is 0 Å². The Labute approximate surface area is 86.0 Å². The molecule has 0 saturated carbocycles. The lowest BCUT2D eigenvalue weighted by Crippen LogP contribution is -2.42. The zero-order chi connectivity index (χ0) is 11.8. The van der Waals surface area contributed by atoms with Gasteiger partial charge in [-0.1, -0.05) is 5.16 Å². The summed E-state index contributed by atoms with van der Waals surface area (Å²) in [5, 5.41) is 14.2. The summed E-state index contributed by atoms with van der Waals surface area (Å²) in [7, 11) is 3.72. The Balaban J connectivity index is 4.44. The molecule has 0 unspecified atom stereocenters. The van der Waals surface area contributed by atoms with Crippen molar-refractivity contribution in [3.8, 4) is 6.07 Å². The second-order valence-corrected chi connectivity index (χ2v) is 2.17. The Morgan fingerprint density at radius 3 is 2.47 bits per heavy atom. The predicted molar refractivity (Wildman–Crippen MR) is 48.4 cm³/mol. The third-order valence-corrected chi connectivity index (χ3v) is 1.28. The average molecular weight is 214 g/mol. The van der Waals surface area contributed by atoms with E-state index in [0.717, 1.165) is 5.06 Å². The molecule has 82 valence electrons. The number of hydrogen-bond acceptors (Lipinski definition) is 6. The highest BCUT2D eigenvalue weighted by molar-refractivity contribution is 6.46. The van der Waals surface area contributed by atoms with Crippen LogP contribution in [0.3, 0.4) is 0 Å². The number of rotatable bonds is 3. The second-order valence-electron chi connectivity index (χ2n) is 2.17. The van der Waals surface area contributed by atoms with Crippen molar-refractivity contribution in [2.24, 2.45) is 5.16 Å². The molecule has 0 aliphatic carbocycles. The van der Waals surface area contributed by atoms with Crippen LogP contribution in [0.2, 0.25) is 0 Å². The molecule has 0 heterocycles. The van der Waals surface area contributed by atoms with E-state index in [9.17, 15) is 9.59 Å². The van der Waals surface area contributed by atoms with Gasteiger partial charge in [-0.2, -0.15) is 5.26 Å². The van der Waals surface area contributed by atoms with Gasteiger partial charge in [0.2, 0.25) is 5.71 Å². The molecule has 0 saturated heterocycles. The van der Waals surface area contributed by atoms with Crippen LogP contribution in [0.15, 0.2) is 5.16 Å². The van der Waals surface area contributed by atoms with Crippen molar-refractivity contribution in [3.63, 3.8) is 0 Å². The van der Waals surface area contributed by atoms with E-state index in [1.165, 1.54) is 27.3 Å². The van der Waals surface area contributed by atoms with Crippen LogP contribution in [0.1, 0.15) is 0 Å². The summed E-state index contributed by atoms with van der Waals surface area (Å²) in [6.07, 6.45) is 0. The molecule has 0 bridgehead atoms. The summed E-state index contributed by atoms with van der Waals surface area (Å²) in [5.41, 5.74) is -0.560. The molecule has 0 spiro atoms. The van der Waals surface area contributed by atoms with Gasteiger partial charge in [0.25, 0.3) is 5.91 Å². The Kier molecular flexibility index (Phi) is 5.43. The molecule has 8 nitrogen and oxygen atoms in total. The fourth-order valence-electron chi connectivity index (χ4n) is 0.522. The molecule has 8 heteroatoms. The molecular weight excluding hydrogens is 204 g/mol. The van der Waals surface area contributed by atoms with E-state index in [1.807, 2.05) is 5.32 Å². The van der Waals surface area contributed by atoms with Gasteiger partial charge in [-0.15, -0.1) is 0 Å². The second kappa shape index (κ2) is 6.33. The van der Waals surface area contributed by atoms with Crippen LogP contribution in [0.25, 0.3) is 0 Å². The Morgan fingerprint density at radius 1 is 1.47 bits per heavy atom. The third-order valence-electron chi connectivity index (χ3n) is 1.28. The van der Waals surface area contributed by atoms with Crippen LogP contribution in [-0.2, 0) is 14.5 Å². The summed E-state index contributed by atoms with van der Waals surface area (Å²) in [4.78, 5) is 31.0. The van der Waals surface area contributed by atoms with Crippen LogP contribution in [-0.4, -0.2) is 44.0 Å². The number of hydrogen-bond donors (Lipinski definition) is 1. The summed E-state index contributed by atoms with van der Waals surface area (Å²) < 4.78 is 0. The van der Waals surface area contributed by atoms with Crippen molar-refractivity contribution in [2.45, 2.75) is 0 Å². The number of imide groups is 1. The van der Waals surface area contributed by atoms with Crippen molar-refractivity contribution in [1.82, 2.24) is 10.4 Å². The number of nitrogens with one attached hydrogen (secondary N) is 1. The number of carbonyl (C=O) groups is 2. The minimum absolute atomic E-state index is 0.560. The van der Waals surface area contributed by atoms with Crippen LogP contribution >= 0.6 is 0 Å². The van der Waals surface area contributed by atoms with Crippen LogP contribution in [0.5, 0.6) is 0 Å². The maximum absolute atomic E-state index is 11.1. The first-order valence-corrected chi connectivity index (χ1v) is 3.71. The Bertz CT molecular complexity index is 319. The highest BCUT2D eigenvalue weighted by Gasteiger charge is 2.17. The van der Waals surface area contributed by atoms with E-state index in [2.05, 4.69) is 14.8 Å². The van der Waals surface area contributed by atoms with Crippen LogP contribution < -0.4 is 5.32 Å². The van der Waals surface area contributed by atoms with Gasteiger partial charge in [0.15, 0.2) is 0 Å². The summed E-state index contributed by atoms with van der Waals surface area (Å²) in [5.74, 6) is -0.965. The smallest absolute Gasteiger partial charge is 0.348 e. The van der Waals surface area contributed by atoms with Crippen molar-refractivity contribution in [3.05, 3.63) is 0 Å². The van der Waals surface area contributed by atoms with Crippen molar-refractivity contribution < 1.29 is 19.3 Å². The first-order valence-electron chi connectivity index (χ1n) is 3.71. The van der Waals surface area contributed by atoms with Crippen molar-refractivity contribution >= 4 is 17.6 Å². The standard InChI is InChI=1S/C7H10N4O4/c1-11(15-3)7(13)9-6(12)5(4-8)10-14-2/h1-3H3,(H,9,12,13)/b10-5-. The first kappa shape index (κ1) is 12.9. The maximum atomic E-state index is 11.1. The predicted octanol–water partition coefficient (Wildman–Crippen LogP) is -0.758.